The second kappa shape index (κ2) is 7.78. The molecule has 2 N–H and O–H groups in total. The molecular weight excluding hydrogens is 451 g/mol. The van der Waals surface area contributed by atoms with Crippen LogP contribution in [0.1, 0.15) is 42.7 Å². The van der Waals surface area contributed by atoms with Crippen molar-refractivity contribution in [3.63, 3.8) is 0 Å². The number of carboxylic acid groups (broad SMARTS) is 1. The number of halogens is 2. The molecule has 2 fully saturated rings. The Morgan fingerprint density at radius 1 is 1.12 bits per heavy atom. The highest BCUT2D eigenvalue weighted by Gasteiger charge is 2.62. The van der Waals surface area contributed by atoms with Gasteiger partial charge in [-0.15, -0.1) is 0 Å². The third kappa shape index (κ3) is 3.37. The van der Waals surface area contributed by atoms with Crippen LogP contribution in [-0.4, -0.2) is 34.3 Å². The van der Waals surface area contributed by atoms with E-state index in [9.17, 15) is 19.5 Å². The van der Waals surface area contributed by atoms with E-state index >= 15 is 0 Å². The molecule has 2 aliphatic heterocycles. The summed E-state index contributed by atoms with van der Waals surface area (Å²) in [6.07, 6.45) is 1.94. The van der Waals surface area contributed by atoms with Gasteiger partial charge < -0.3 is 15.3 Å². The van der Waals surface area contributed by atoms with E-state index in [-0.39, 0.29) is 24.7 Å². The third-order valence-electron chi connectivity index (χ3n) is 6.86. The minimum atomic E-state index is -1.28. The van der Waals surface area contributed by atoms with Crippen LogP contribution in [0, 0.1) is 11.8 Å². The van der Waals surface area contributed by atoms with Crippen LogP contribution in [0.5, 0.6) is 0 Å². The maximum absolute atomic E-state index is 13.8. The number of nitrogens with one attached hydrogen (secondary N) is 1. The van der Waals surface area contributed by atoms with E-state index in [1.54, 1.807) is 35.2 Å². The Labute approximate surface area is 195 Å². The van der Waals surface area contributed by atoms with E-state index in [1.165, 1.54) is 0 Å². The maximum atomic E-state index is 13.8. The Morgan fingerprint density at radius 3 is 2.56 bits per heavy atom. The summed E-state index contributed by atoms with van der Waals surface area (Å²) in [5.41, 5.74) is 0.804. The first-order chi connectivity index (χ1) is 15.3. The quantitative estimate of drug-likeness (QED) is 0.662. The molecule has 3 atom stereocenters. The van der Waals surface area contributed by atoms with Gasteiger partial charge in [-0.2, -0.15) is 0 Å². The molecule has 0 aromatic heterocycles. The SMILES string of the molecule is O=C(O)CC1C[C@@H](c2cccc(Cl)c2)[C@@]2(C(=O)Nc3cc(Cl)ccc32)N(CC2CC2)C1=O. The molecule has 2 aromatic carbocycles. The number of hydrogen-bond acceptors (Lipinski definition) is 3. The number of benzene rings is 2. The molecule has 2 amide bonds. The third-order valence-corrected chi connectivity index (χ3v) is 7.33. The lowest BCUT2D eigenvalue weighted by molar-refractivity contribution is -0.160. The van der Waals surface area contributed by atoms with Crippen molar-refractivity contribution in [3.05, 3.63) is 63.6 Å². The highest BCUT2D eigenvalue weighted by atomic mass is 35.5. The number of fused-ring (bicyclic) bond motifs is 2. The van der Waals surface area contributed by atoms with Gasteiger partial charge in [0.2, 0.25) is 5.91 Å². The predicted octanol–water partition coefficient (Wildman–Crippen LogP) is 4.66. The standard InChI is InChI=1S/C24H22Cl2N2O4/c25-16-3-1-2-14(8-16)19-9-15(10-21(29)30)22(31)28(12-13-4-5-13)24(19)18-7-6-17(26)11-20(18)27-23(24)32/h1-3,6-8,11,13,15,19H,4-5,9-10,12H2,(H,27,32)(H,29,30)/t15?,19-,24-/m0/s1. The van der Waals surface area contributed by atoms with Gasteiger partial charge in [0, 0.05) is 39.7 Å². The summed E-state index contributed by atoms with van der Waals surface area (Å²) < 4.78 is 0. The van der Waals surface area contributed by atoms with Crippen LogP contribution < -0.4 is 5.32 Å². The zero-order chi connectivity index (χ0) is 22.6. The van der Waals surface area contributed by atoms with Gasteiger partial charge in [0.15, 0.2) is 5.54 Å². The fourth-order valence-electron chi connectivity index (χ4n) is 5.32. The van der Waals surface area contributed by atoms with Gasteiger partial charge in [0.25, 0.3) is 5.91 Å². The predicted molar refractivity (Wildman–Crippen MR) is 121 cm³/mol. The van der Waals surface area contributed by atoms with Gasteiger partial charge >= 0.3 is 5.97 Å². The molecule has 5 rings (SSSR count). The van der Waals surface area contributed by atoms with Crippen molar-refractivity contribution in [2.45, 2.75) is 37.1 Å². The van der Waals surface area contributed by atoms with Gasteiger partial charge in [0.1, 0.15) is 0 Å². The lowest BCUT2D eigenvalue weighted by Crippen LogP contribution is -2.62. The molecule has 1 spiro atoms. The summed E-state index contributed by atoms with van der Waals surface area (Å²) in [5.74, 6) is -2.46. The first-order valence-electron chi connectivity index (χ1n) is 10.7. The number of aliphatic carboxylic acids is 1. The Morgan fingerprint density at radius 2 is 1.88 bits per heavy atom. The van der Waals surface area contributed by atoms with Crippen molar-refractivity contribution in [2.24, 2.45) is 11.8 Å². The Bertz CT molecular complexity index is 1130. The van der Waals surface area contributed by atoms with Crippen LogP contribution >= 0.6 is 23.2 Å². The number of hydrogen-bond donors (Lipinski definition) is 2. The number of likely N-dealkylation sites (tertiary alicyclic amines) is 1. The van der Waals surface area contributed by atoms with Gasteiger partial charge in [-0.05, 0) is 55.0 Å². The maximum Gasteiger partial charge on any atom is 0.304 e. The first-order valence-corrected chi connectivity index (χ1v) is 11.5. The number of nitrogens with zero attached hydrogens (tertiary/aromatic N) is 1. The zero-order valence-corrected chi connectivity index (χ0v) is 18.7. The summed E-state index contributed by atoms with van der Waals surface area (Å²) in [7, 11) is 0. The molecule has 1 aliphatic carbocycles. The van der Waals surface area contributed by atoms with Crippen molar-refractivity contribution in [3.8, 4) is 0 Å². The average Bonchev–Trinajstić information content (AvgIpc) is 3.51. The molecule has 8 heteroatoms. The smallest absolute Gasteiger partial charge is 0.304 e. The molecule has 0 radical (unpaired) electrons. The summed E-state index contributed by atoms with van der Waals surface area (Å²) in [6.45, 7) is 0.418. The zero-order valence-electron chi connectivity index (χ0n) is 17.2. The van der Waals surface area contributed by atoms with Crippen LogP contribution in [-0.2, 0) is 19.9 Å². The van der Waals surface area contributed by atoms with E-state index in [1.807, 2.05) is 12.1 Å². The van der Waals surface area contributed by atoms with Crippen molar-refractivity contribution in [1.29, 1.82) is 0 Å². The number of amides is 2. The number of carbonyl (C=O) groups excluding carboxylic acids is 2. The molecule has 166 valence electrons. The van der Waals surface area contributed by atoms with Crippen LogP contribution in [0.25, 0.3) is 0 Å². The minimum Gasteiger partial charge on any atom is -0.481 e. The van der Waals surface area contributed by atoms with E-state index in [2.05, 4.69) is 5.32 Å². The molecule has 0 bridgehead atoms. The lowest BCUT2D eigenvalue weighted by Gasteiger charge is -2.51. The van der Waals surface area contributed by atoms with Gasteiger partial charge in [-0.25, -0.2) is 0 Å². The largest absolute Gasteiger partial charge is 0.481 e. The Balaban J connectivity index is 1.74. The first kappa shape index (κ1) is 21.3. The number of carboxylic acids is 1. The van der Waals surface area contributed by atoms with Gasteiger partial charge in [-0.1, -0.05) is 41.4 Å². The molecule has 32 heavy (non-hydrogen) atoms. The molecule has 3 aliphatic rings. The van der Waals surface area contributed by atoms with Crippen LogP contribution in [0.3, 0.4) is 0 Å². The summed E-state index contributed by atoms with van der Waals surface area (Å²) in [5, 5.41) is 13.4. The molecule has 1 saturated heterocycles. The average molecular weight is 473 g/mol. The van der Waals surface area contributed by atoms with Crippen molar-refractivity contribution >= 4 is 46.7 Å². The summed E-state index contributed by atoms with van der Waals surface area (Å²) in [4.78, 5) is 40.7. The molecule has 2 aromatic rings. The fraction of sp³-hybridized carbons (Fsp3) is 0.375. The van der Waals surface area contributed by atoms with E-state index in [0.717, 1.165) is 18.4 Å². The molecule has 1 unspecified atom stereocenters. The van der Waals surface area contributed by atoms with Gasteiger partial charge in [0.05, 0.1) is 6.42 Å². The topological polar surface area (TPSA) is 86.7 Å². The van der Waals surface area contributed by atoms with Crippen molar-refractivity contribution in [1.82, 2.24) is 4.90 Å². The summed E-state index contributed by atoms with van der Waals surface area (Å²) in [6, 6.07) is 12.5. The summed E-state index contributed by atoms with van der Waals surface area (Å²) >= 11 is 12.5. The Kier molecular flexibility index (Phi) is 5.18. The number of carbonyl (C=O) groups is 3. The Hall–Kier alpha value is -2.57. The minimum absolute atomic E-state index is 0.238. The molecule has 1 saturated carbocycles. The van der Waals surface area contributed by atoms with E-state index < -0.39 is 23.3 Å². The van der Waals surface area contributed by atoms with E-state index in [4.69, 9.17) is 23.2 Å². The molecular formula is C24H22Cl2N2O4. The number of anilines is 1. The van der Waals surface area contributed by atoms with Crippen LogP contribution in [0.15, 0.2) is 42.5 Å². The number of piperidine rings is 1. The monoisotopic (exact) mass is 472 g/mol. The van der Waals surface area contributed by atoms with Crippen molar-refractivity contribution in [2.75, 3.05) is 11.9 Å². The second-order valence-electron chi connectivity index (χ2n) is 8.94. The number of rotatable bonds is 5. The highest BCUT2D eigenvalue weighted by Crippen LogP contribution is 2.56. The molecule has 2 heterocycles. The fourth-order valence-corrected chi connectivity index (χ4v) is 5.69. The van der Waals surface area contributed by atoms with Crippen LogP contribution in [0.4, 0.5) is 5.69 Å². The van der Waals surface area contributed by atoms with E-state index in [0.29, 0.717) is 33.8 Å². The van der Waals surface area contributed by atoms with Crippen molar-refractivity contribution < 1.29 is 19.5 Å². The normalized spacial score (nSPS) is 26.9. The lowest BCUT2D eigenvalue weighted by atomic mass is 9.66. The highest BCUT2D eigenvalue weighted by molar-refractivity contribution is 6.31. The van der Waals surface area contributed by atoms with Crippen LogP contribution in [0.2, 0.25) is 10.0 Å². The van der Waals surface area contributed by atoms with Gasteiger partial charge in [-0.3, -0.25) is 14.4 Å². The second-order valence-corrected chi connectivity index (χ2v) is 9.81. The molecule has 6 nitrogen and oxygen atoms in total.